The Bertz CT molecular complexity index is 543. The highest BCUT2D eigenvalue weighted by Crippen LogP contribution is 2.34. The van der Waals surface area contributed by atoms with Gasteiger partial charge in [-0.05, 0) is 24.3 Å². The molecule has 0 unspecified atom stereocenters. The molecule has 0 amide bonds. The van der Waals surface area contributed by atoms with Crippen LogP contribution in [0, 0.1) is 5.95 Å². The lowest BCUT2D eigenvalue weighted by atomic mass is 10.1. The van der Waals surface area contributed by atoms with Crippen LogP contribution >= 0.6 is 34.8 Å². The average molecular weight is 277 g/mol. The van der Waals surface area contributed by atoms with Crippen LogP contribution in [-0.4, -0.2) is 4.98 Å². The van der Waals surface area contributed by atoms with E-state index in [2.05, 4.69) is 4.98 Å². The van der Waals surface area contributed by atoms with Crippen molar-refractivity contribution in [3.05, 3.63) is 51.3 Å². The van der Waals surface area contributed by atoms with Gasteiger partial charge in [-0.15, -0.1) is 0 Å². The summed E-state index contributed by atoms with van der Waals surface area (Å²) in [6, 6.07) is 7.53. The summed E-state index contributed by atoms with van der Waals surface area (Å²) in [5.41, 5.74) is 0.971. The van der Waals surface area contributed by atoms with Crippen LogP contribution in [0.5, 0.6) is 0 Å². The predicted octanol–water partition coefficient (Wildman–Crippen LogP) is 4.85. The van der Waals surface area contributed by atoms with Gasteiger partial charge in [0, 0.05) is 5.56 Å². The molecule has 2 rings (SSSR count). The fourth-order valence-electron chi connectivity index (χ4n) is 1.28. The molecule has 0 bridgehead atoms. The van der Waals surface area contributed by atoms with E-state index in [0.29, 0.717) is 26.3 Å². The summed E-state index contributed by atoms with van der Waals surface area (Å²) in [6.45, 7) is 0. The van der Waals surface area contributed by atoms with Gasteiger partial charge in [0.2, 0.25) is 5.95 Å². The van der Waals surface area contributed by atoms with E-state index in [1.54, 1.807) is 18.2 Å². The van der Waals surface area contributed by atoms with Crippen LogP contribution in [0.3, 0.4) is 0 Å². The first-order chi connectivity index (χ1) is 7.58. The second-order valence-corrected chi connectivity index (χ2v) is 4.31. The topological polar surface area (TPSA) is 12.9 Å². The molecule has 0 aliphatic carbocycles. The summed E-state index contributed by atoms with van der Waals surface area (Å²) in [4.78, 5) is 3.72. The molecular weight excluding hydrogens is 271 g/mol. The number of nitrogens with zero attached hydrogens (tertiary/aromatic N) is 1. The minimum absolute atomic E-state index is 0.354. The van der Waals surface area contributed by atoms with Crippen LogP contribution in [0.1, 0.15) is 0 Å². The Morgan fingerprint density at radius 3 is 2.31 bits per heavy atom. The van der Waals surface area contributed by atoms with Crippen LogP contribution in [0.4, 0.5) is 4.39 Å². The zero-order valence-electron chi connectivity index (χ0n) is 7.85. The first-order valence-electron chi connectivity index (χ1n) is 4.35. The monoisotopic (exact) mass is 275 g/mol. The van der Waals surface area contributed by atoms with Gasteiger partial charge in [0.15, 0.2) is 0 Å². The normalized spacial score (nSPS) is 10.5. The quantitative estimate of drug-likeness (QED) is 0.536. The fourth-order valence-corrected chi connectivity index (χ4v) is 1.92. The lowest BCUT2D eigenvalue weighted by Crippen LogP contribution is -1.88. The highest BCUT2D eigenvalue weighted by Gasteiger charge is 2.09. The average Bonchev–Trinajstić information content (AvgIpc) is 2.23. The molecule has 1 nitrogen and oxygen atoms in total. The molecule has 0 saturated heterocycles. The first kappa shape index (κ1) is 11.6. The Kier molecular flexibility index (Phi) is 3.33. The van der Waals surface area contributed by atoms with Gasteiger partial charge in [0.05, 0.1) is 20.8 Å². The van der Waals surface area contributed by atoms with E-state index < -0.39 is 5.95 Å². The van der Waals surface area contributed by atoms with Crippen molar-refractivity contribution in [1.82, 2.24) is 4.98 Å². The van der Waals surface area contributed by atoms with E-state index >= 15 is 0 Å². The molecule has 0 atom stereocenters. The number of hydrogen-bond acceptors (Lipinski definition) is 1. The van der Waals surface area contributed by atoms with Gasteiger partial charge in [-0.2, -0.15) is 4.39 Å². The number of benzene rings is 1. The zero-order valence-corrected chi connectivity index (χ0v) is 10.1. The van der Waals surface area contributed by atoms with Crippen molar-refractivity contribution in [1.29, 1.82) is 0 Å². The first-order valence-corrected chi connectivity index (χ1v) is 5.49. The van der Waals surface area contributed by atoms with E-state index in [1.807, 2.05) is 0 Å². The maximum atomic E-state index is 13.0. The molecule has 5 heteroatoms. The summed E-state index contributed by atoms with van der Waals surface area (Å²) in [5.74, 6) is -0.570. The van der Waals surface area contributed by atoms with Crippen molar-refractivity contribution >= 4 is 34.8 Å². The zero-order chi connectivity index (χ0) is 11.7. The van der Waals surface area contributed by atoms with Gasteiger partial charge >= 0.3 is 0 Å². The Morgan fingerprint density at radius 1 is 0.938 bits per heavy atom. The second-order valence-electron chi connectivity index (χ2n) is 3.09. The van der Waals surface area contributed by atoms with Crippen molar-refractivity contribution in [2.24, 2.45) is 0 Å². The van der Waals surface area contributed by atoms with Gasteiger partial charge in [-0.1, -0.05) is 40.9 Å². The minimum Gasteiger partial charge on any atom is -0.220 e. The molecule has 0 fully saturated rings. The molecule has 0 aliphatic heterocycles. The molecular formula is C11H5Cl3FN. The largest absolute Gasteiger partial charge is 0.220 e. The third-order valence-electron chi connectivity index (χ3n) is 2.00. The predicted molar refractivity (Wildman–Crippen MR) is 64.7 cm³/mol. The number of halogens is 4. The molecule has 0 aliphatic rings. The van der Waals surface area contributed by atoms with E-state index in [9.17, 15) is 4.39 Å². The summed E-state index contributed by atoms with van der Waals surface area (Å²) in [7, 11) is 0. The number of pyridine rings is 1. The highest BCUT2D eigenvalue weighted by atomic mass is 35.5. The molecule has 0 saturated carbocycles. The van der Waals surface area contributed by atoms with Crippen molar-refractivity contribution in [2.45, 2.75) is 0 Å². The SMILES string of the molecule is Fc1cccc(-c2cc(Cl)c(Cl)cc2Cl)n1. The standard InChI is InChI=1S/C11H5Cl3FN/c12-7-5-9(14)8(13)4-6(7)10-2-1-3-11(15)16-10/h1-5H. The Hall–Kier alpha value is -0.830. The lowest BCUT2D eigenvalue weighted by Gasteiger charge is -2.05. The van der Waals surface area contributed by atoms with Gasteiger partial charge < -0.3 is 0 Å². The van der Waals surface area contributed by atoms with Crippen molar-refractivity contribution in [3.8, 4) is 11.3 Å². The third-order valence-corrected chi connectivity index (χ3v) is 3.04. The third kappa shape index (κ3) is 2.29. The Morgan fingerprint density at radius 2 is 1.62 bits per heavy atom. The maximum Gasteiger partial charge on any atom is 0.213 e. The van der Waals surface area contributed by atoms with Crippen LogP contribution in [-0.2, 0) is 0 Å². The molecule has 2 aromatic rings. The smallest absolute Gasteiger partial charge is 0.213 e. The molecule has 82 valence electrons. The number of aromatic nitrogens is 1. The number of rotatable bonds is 1. The molecule has 0 N–H and O–H groups in total. The van der Waals surface area contributed by atoms with E-state index in [0.717, 1.165) is 0 Å². The van der Waals surface area contributed by atoms with E-state index in [-0.39, 0.29) is 0 Å². The summed E-state index contributed by atoms with van der Waals surface area (Å²) >= 11 is 17.6. The lowest BCUT2D eigenvalue weighted by molar-refractivity contribution is 0.585. The molecule has 16 heavy (non-hydrogen) atoms. The summed E-state index contributed by atoms with van der Waals surface area (Å²) < 4.78 is 13.0. The number of hydrogen-bond donors (Lipinski definition) is 0. The van der Waals surface area contributed by atoms with Crippen LogP contribution in [0.15, 0.2) is 30.3 Å². The maximum absolute atomic E-state index is 13.0. The second kappa shape index (κ2) is 4.58. The molecule has 1 aromatic carbocycles. The van der Waals surface area contributed by atoms with Crippen LogP contribution < -0.4 is 0 Å². The minimum atomic E-state index is -0.570. The van der Waals surface area contributed by atoms with Gasteiger partial charge in [0.1, 0.15) is 0 Å². The van der Waals surface area contributed by atoms with Gasteiger partial charge in [-0.25, -0.2) is 4.98 Å². The Labute approximate surface area is 107 Å². The summed E-state index contributed by atoms with van der Waals surface area (Å²) in [6.07, 6.45) is 0. The highest BCUT2D eigenvalue weighted by molar-refractivity contribution is 6.44. The molecule has 1 heterocycles. The molecule has 0 radical (unpaired) electrons. The van der Waals surface area contributed by atoms with Crippen LogP contribution in [0.2, 0.25) is 15.1 Å². The van der Waals surface area contributed by atoms with Gasteiger partial charge in [0.25, 0.3) is 0 Å². The summed E-state index contributed by atoms with van der Waals surface area (Å²) in [5, 5.41) is 1.09. The van der Waals surface area contributed by atoms with E-state index in [4.69, 9.17) is 34.8 Å². The van der Waals surface area contributed by atoms with Gasteiger partial charge in [-0.3, -0.25) is 0 Å². The van der Waals surface area contributed by atoms with Crippen LogP contribution in [0.25, 0.3) is 11.3 Å². The van der Waals surface area contributed by atoms with E-state index in [1.165, 1.54) is 12.1 Å². The molecule has 0 spiro atoms. The van der Waals surface area contributed by atoms with Crippen molar-refractivity contribution in [2.75, 3.05) is 0 Å². The Balaban J connectivity index is 2.60. The fraction of sp³-hybridized carbons (Fsp3) is 0. The van der Waals surface area contributed by atoms with Crippen molar-refractivity contribution in [3.63, 3.8) is 0 Å². The molecule has 1 aromatic heterocycles. The van der Waals surface area contributed by atoms with Crippen molar-refractivity contribution < 1.29 is 4.39 Å².